The molecule has 1 aromatic heterocycles. The number of aryl methyl sites for hydroxylation is 2. The number of aromatic nitrogens is 1. The first-order valence-corrected chi connectivity index (χ1v) is 7.35. The molecule has 2 fully saturated rings. The zero-order valence-corrected chi connectivity index (χ0v) is 10.4. The molecular formula is C13H18N2S. The fraction of sp³-hybridized carbons (Fsp3) is 0.769. The van der Waals surface area contributed by atoms with Crippen LogP contribution in [0.15, 0.2) is 0 Å². The van der Waals surface area contributed by atoms with E-state index in [9.17, 15) is 0 Å². The molecule has 1 heterocycles. The summed E-state index contributed by atoms with van der Waals surface area (Å²) in [5.74, 6) is 1.62. The van der Waals surface area contributed by atoms with Crippen molar-refractivity contribution in [3.63, 3.8) is 0 Å². The number of thiazole rings is 1. The third kappa shape index (κ3) is 1.13. The fourth-order valence-corrected chi connectivity index (χ4v) is 5.37. The van der Waals surface area contributed by atoms with Gasteiger partial charge in [0, 0.05) is 4.88 Å². The highest BCUT2D eigenvalue weighted by atomic mass is 32.1. The lowest BCUT2D eigenvalue weighted by atomic mass is 9.82. The molecule has 2 saturated carbocycles. The summed E-state index contributed by atoms with van der Waals surface area (Å²) in [5, 5.41) is 1.27. The van der Waals surface area contributed by atoms with Crippen LogP contribution in [0.1, 0.15) is 47.7 Å². The van der Waals surface area contributed by atoms with E-state index < -0.39 is 0 Å². The van der Waals surface area contributed by atoms with Crippen LogP contribution in [-0.4, -0.2) is 4.98 Å². The fourth-order valence-electron chi connectivity index (χ4n) is 4.02. The minimum Gasteiger partial charge on any atom is -0.319 e. The predicted octanol–water partition coefficient (Wildman–Crippen LogP) is 2.61. The molecule has 0 amide bonds. The summed E-state index contributed by atoms with van der Waals surface area (Å²) in [6.45, 7) is 0. The minimum absolute atomic E-state index is 0.0437. The maximum absolute atomic E-state index is 6.67. The van der Waals surface area contributed by atoms with E-state index in [1.807, 2.05) is 11.3 Å². The van der Waals surface area contributed by atoms with Gasteiger partial charge >= 0.3 is 0 Å². The number of fused-ring (bicyclic) bond motifs is 3. The Balaban J connectivity index is 1.74. The van der Waals surface area contributed by atoms with Crippen LogP contribution in [0.5, 0.6) is 0 Å². The summed E-state index contributed by atoms with van der Waals surface area (Å²) < 4.78 is 0. The lowest BCUT2D eigenvalue weighted by Gasteiger charge is -2.31. The summed E-state index contributed by atoms with van der Waals surface area (Å²) >= 11 is 1.92. The van der Waals surface area contributed by atoms with E-state index in [0.29, 0.717) is 0 Å². The highest BCUT2D eigenvalue weighted by Crippen LogP contribution is 2.55. The van der Waals surface area contributed by atoms with Gasteiger partial charge in [-0.25, -0.2) is 4.98 Å². The topological polar surface area (TPSA) is 38.9 Å². The van der Waals surface area contributed by atoms with Gasteiger partial charge in [-0.05, 0) is 50.4 Å². The van der Waals surface area contributed by atoms with E-state index in [-0.39, 0.29) is 5.54 Å². The standard InChI is InChI=1S/C13H18N2S/c14-13(7-8-4-5-9(13)6-8)12-15-10-2-1-3-11(10)16-12/h8-9H,1-7,14H2. The van der Waals surface area contributed by atoms with Gasteiger partial charge in [-0.15, -0.1) is 11.3 Å². The van der Waals surface area contributed by atoms with Gasteiger partial charge < -0.3 is 5.73 Å². The van der Waals surface area contributed by atoms with Gasteiger partial charge in [0.15, 0.2) is 0 Å². The van der Waals surface area contributed by atoms with Crippen LogP contribution in [-0.2, 0) is 18.4 Å². The van der Waals surface area contributed by atoms with Crippen molar-refractivity contribution in [3.05, 3.63) is 15.6 Å². The third-order valence-electron chi connectivity index (χ3n) is 4.89. The molecule has 16 heavy (non-hydrogen) atoms. The Bertz CT molecular complexity index is 418. The molecule has 86 valence electrons. The average Bonchev–Trinajstić information content (AvgIpc) is 2.94. The second kappa shape index (κ2) is 3.08. The lowest BCUT2D eigenvalue weighted by molar-refractivity contribution is 0.275. The van der Waals surface area contributed by atoms with Gasteiger partial charge in [-0.2, -0.15) is 0 Å². The molecule has 0 aliphatic heterocycles. The third-order valence-corrected chi connectivity index (χ3v) is 6.24. The molecule has 3 aliphatic rings. The highest BCUT2D eigenvalue weighted by Gasteiger charge is 2.51. The van der Waals surface area contributed by atoms with Crippen LogP contribution in [0.4, 0.5) is 0 Å². The summed E-state index contributed by atoms with van der Waals surface area (Å²) in [5.41, 5.74) is 8.00. The summed E-state index contributed by atoms with van der Waals surface area (Å²) in [7, 11) is 0. The Labute approximate surface area is 100 Å². The molecule has 2 N–H and O–H groups in total. The minimum atomic E-state index is -0.0437. The van der Waals surface area contributed by atoms with Crippen molar-refractivity contribution in [1.82, 2.24) is 4.98 Å². The first-order valence-electron chi connectivity index (χ1n) is 6.53. The zero-order valence-electron chi connectivity index (χ0n) is 9.54. The van der Waals surface area contributed by atoms with E-state index in [1.54, 1.807) is 0 Å². The molecule has 0 spiro atoms. The molecule has 2 nitrogen and oxygen atoms in total. The zero-order chi connectivity index (χ0) is 10.8. The van der Waals surface area contributed by atoms with E-state index in [0.717, 1.165) is 11.8 Å². The molecule has 3 atom stereocenters. The molecule has 3 unspecified atom stereocenters. The Morgan fingerprint density at radius 2 is 2.25 bits per heavy atom. The van der Waals surface area contributed by atoms with Crippen molar-refractivity contribution in [3.8, 4) is 0 Å². The second-order valence-corrected chi connectivity index (χ2v) is 6.95. The number of rotatable bonds is 1. The van der Waals surface area contributed by atoms with Crippen molar-refractivity contribution >= 4 is 11.3 Å². The maximum atomic E-state index is 6.67. The molecule has 0 saturated heterocycles. The maximum Gasteiger partial charge on any atom is 0.113 e. The van der Waals surface area contributed by atoms with Crippen LogP contribution >= 0.6 is 11.3 Å². The van der Waals surface area contributed by atoms with Gasteiger partial charge in [0.1, 0.15) is 5.01 Å². The lowest BCUT2D eigenvalue weighted by Crippen LogP contribution is -2.41. The second-order valence-electron chi connectivity index (χ2n) is 5.86. The number of nitrogens with two attached hydrogens (primary N) is 1. The van der Waals surface area contributed by atoms with Crippen molar-refractivity contribution < 1.29 is 0 Å². The van der Waals surface area contributed by atoms with Crippen molar-refractivity contribution in [1.29, 1.82) is 0 Å². The Morgan fingerprint density at radius 1 is 1.31 bits per heavy atom. The van der Waals surface area contributed by atoms with Gasteiger partial charge in [-0.3, -0.25) is 0 Å². The Kier molecular flexibility index (Phi) is 1.85. The Hall–Kier alpha value is -0.410. The first-order chi connectivity index (χ1) is 7.75. The molecule has 2 bridgehead atoms. The Morgan fingerprint density at radius 3 is 2.94 bits per heavy atom. The molecule has 1 aromatic rings. The van der Waals surface area contributed by atoms with Crippen molar-refractivity contribution in [2.45, 2.75) is 50.5 Å². The summed E-state index contributed by atoms with van der Waals surface area (Å²) in [6.07, 6.45) is 9.05. The van der Waals surface area contributed by atoms with E-state index >= 15 is 0 Å². The van der Waals surface area contributed by atoms with Crippen molar-refractivity contribution in [2.75, 3.05) is 0 Å². The van der Waals surface area contributed by atoms with E-state index in [4.69, 9.17) is 10.7 Å². The first kappa shape index (κ1) is 9.60. The van der Waals surface area contributed by atoms with Crippen LogP contribution in [0.2, 0.25) is 0 Å². The van der Waals surface area contributed by atoms with Gasteiger partial charge in [0.2, 0.25) is 0 Å². The van der Waals surface area contributed by atoms with E-state index in [2.05, 4.69) is 0 Å². The van der Waals surface area contributed by atoms with E-state index in [1.165, 1.54) is 60.5 Å². The van der Waals surface area contributed by atoms with Gasteiger partial charge in [0.25, 0.3) is 0 Å². The number of nitrogens with zero attached hydrogens (tertiary/aromatic N) is 1. The van der Waals surface area contributed by atoms with Crippen LogP contribution in [0, 0.1) is 11.8 Å². The van der Waals surface area contributed by atoms with Crippen LogP contribution in [0.3, 0.4) is 0 Å². The molecule has 0 aromatic carbocycles. The summed E-state index contributed by atoms with van der Waals surface area (Å²) in [4.78, 5) is 6.39. The smallest absolute Gasteiger partial charge is 0.113 e. The quantitative estimate of drug-likeness (QED) is 0.811. The molecule has 3 heteroatoms. The SMILES string of the molecule is NC1(c2nc3c(s2)CCC3)CC2CCC1C2. The summed E-state index contributed by atoms with van der Waals surface area (Å²) in [6, 6.07) is 0. The monoisotopic (exact) mass is 234 g/mol. The van der Waals surface area contributed by atoms with Gasteiger partial charge in [0.05, 0.1) is 11.2 Å². The highest BCUT2D eigenvalue weighted by molar-refractivity contribution is 7.12. The average molecular weight is 234 g/mol. The molecule has 4 rings (SSSR count). The van der Waals surface area contributed by atoms with Gasteiger partial charge in [-0.1, -0.05) is 6.42 Å². The molecule has 3 aliphatic carbocycles. The van der Waals surface area contributed by atoms with Crippen LogP contribution in [0.25, 0.3) is 0 Å². The largest absolute Gasteiger partial charge is 0.319 e. The number of hydrogen-bond acceptors (Lipinski definition) is 3. The van der Waals surface area contributed by atoms with Crippen molar-refractivity contribution in [2.24, 2.45) is 17.6 Å². The predicted molar refractivity (Wildman–Crippen MR) is 65.5 cm³/mol. The number of hydrogen-bond donors (Lipinski definition) is 1. The molecular weight excluding hydrogens is 216 g/mol. The molecule has 0 radical (unpaired) electrons. The van der Waals surface area contributed by atoms with Crippen LogP contribution < -0.4 is 5.73 Å². The normalized spacial score (nSPS) is 40.6.